The molecule has 2 aliphatic rings. The molecular formula is C19H26N6O2. The Labute approximate surface area is 159 Å². The summed E-state index contributed by atoms with van der Waals surface area (Å²) in [5.41, 5.74) is 1.58. The van der Waals surface area contributed by atoms with Crippen molar-refractivity contribution in [2.75, 3.05) is 37.4 Å². The number of rotatable bonds is 4. The van der Waals surface area contributed by atoms with E-state index >= 15 is 0 Å². The van der Waals surface area contributed by atoms with Crippen LogP contribution in [0.25, 0.3) is 5.69 Å². The van der Waals surface area contributed by atoms with Crippen LogP contribution in [-0.2, 0) is 4.74 Å². The van der Waals surface area contributed by atoms with Gasteiger partial charge < -0.3 is 19.9 Å². The number of anilines is 2. The lowest BCUT2D eigenvalue weighted by atomic mass is 10.1. The van der Waals surface area contributed by atoms with Crippen LogP contribution in [0, 0.1) is 5.92 Å². The highest BCUT2D eigenvalue weighted by Crippen LogP contribution is 2.36. The number of carbonyl (C=O) groups is 1. The van der Waals surface area contributed by atoms with E-state index in [-0.39, 0.29) is 18.2 Å². The number of ether oxygens (including phenoxy) is 1. The van der Waals surface area contributed by atoms with E-state index < -0.39 is 0 Å². The Kier molecular flexibility index (Phi) is 4.73. The third kappa shape index (κ3) is 4.05. The maximum Gasteiger partial charge on any atom is 0.322 e. The van der Waals surface area contributed by atoms with E-state index in [9.17, 15) is 4.79 Å². The van der Waals surface area contributed by atoms with Crippen molar-refractivity contribution in [3.63, 3.8) is 0 Å². The highest BCUT2D eigenvalue weighted by atomic mass is 16.5. The second kappa shape index (κ2) is 7.19. The van der Waals surface area contributed by atoms with Crippen LogP contribution in [0.4, 0.5) is 16.4 Å². The van der Waals surface area contributed by atoms with Crippen LogP contribution < -0.4 is 10.2 Å². The summed E-state index contributed by atoms with van der Waals surface area (Å²) in [4.78, 5) is 20.7. The van der Waals surface area contributed by atoms with Gasteiger partial charge >= 0.3 is 6.03 Å². The molecule has 2 atom stereocenters. The number of amides is 2. The summed E-state index contributed by atoms with van der Waals surface area (Å²) in [5, 5.41) is 7.44. The first-order valence-electron chi connectivity index (χ1n) is 9.40. The zero-order chi connectivity index (χ0) is 19.0. The van der Waals surface area contributed by atoms with E-state index in [2.05, 4.69) is 15.4 Å². The number of hydrogen-bond donors (Lipinski definition) is 1. The minimum absolute atomic E-state index is 0.0704. The minimum Gasteiger partial charge on any atom is -0.371 e. The number of urea groups is 1. The predicted molar refractivity (Wildman–Crippen MR) is 103 cm³/mol. The molecule has 0 bridgehead atoms. The van der Waals surface area contributed by atoms with E-state index in [0.717, 1.165) is 11.4 Å². The molecule has 144 valence electrons. The topological polar surface area (TPSA) is 75.5 Å². The Morgan fingerprint density at radius 1 is 1.30 bits per heavy atom. The Balaban J connectivity index is 1.45. The lowest BCUT2D eigenvalue weighted by Gasteiger charge is -2.37. The molecule has 27 heavy (non-hydrogen) atoms. The van der Waals surface area contributed by atoms with Gasteiger partial charge in [-0.2, -0.15) is 4.98 Å². The molecule has 0 spiro atoms. The maximum atomic E-state index is 12.8. The maximum absolute atomic E-state index is 12.8. The Morgan fingerprint density at radius 3 is 2.81 bits per heavy atom. The number of carbonyl (C=O) groups excluding carboxylic acids is 1. The van der Waals surface area contributed by atoms with Crippen molar-refractivity contribution in [1.82, 2.24) is 19.7 Å². The molecule has 2 fully saturated rings. The van der Waals surface area contributed by atoms with E-state index in [1.807, 2.05) is 55.1 Å². The van der Waals surface area contributed by atoms with Gasteiger partial charge in [0.2, 0.25) is 5.95 Å². The fourth-order valence-corrected chi connectivity index (χ4v) is 3.39. The van der Waals surface area contributed by atoms with Gasteiger partial charge in [-0.25, -0.2) is 9.48 Å². The van der Waals surface area contributed by atoms with Crippen molar-refractivity contribution in [3.05, 3.63) is 30.6 Å². The molecule has 1 N–H and O–H groups in total. The van der Waals surface area contributed by atoms with Crippen molar-refractivity contribution in [2.24, 2.45) is 5.92 Å². The quantitative estimate of drug-likeness (QED) is 0.894. The molecule has 8 nitrogen and oxygen atoms in total. The van der Waals surface area contributed by atoms with Gasteiger partial charge in [0.1, 0.15) is 6.33 Å². The normalized spacial score (nSPS) is 22.6. The summed E-state index contributed by atoms with van der Waals surface area (Å²) in [6.45, 7) is 3.31. The van der Waals surface area contributed by atoms with Crippen LogP contribution in [0.1, 0.15) is 19.8 Å². The van der Waals surface area contributed by atoms with Crippen LogP contribution in [0.3, 0.4) is 0 Å². The fraction of sp³-hybridized carbons (Fsp3) is 0.526. The molecule has 1 saturated carbocycles. The highest BCUT2D eigenvalue weighted by Gasteiger charge is 2.38. The summed E-state index contributed by atoms with van der Waals surface area (Å²) < 4.78 is 7.69. The van der Waals surface area contributed by atoms with Crippen LogP contribution in [0.5, 0.6) is 0 Å². The standard InChI is InChI=1S/C19H26N6O2/c1-13-10-24(11-17(27-13)14-7-8-14)19(26)21-15-5-4-6-16(9-15)25-12-20-18(22-25)23(2)3/h4-6,9,12-14,17H,7-8,10-11H2,1-3H3,(H,21,26)/t13-,17+/m1/s1. The zero-order valence-electron chi connectivity index (χ0n) is 16.0. The summed E-state index contributed by atoms with van der Waals surface area (Å²) >= 11 is 0. The molecule has 1 aromatic heterocycles. The van der Waals surface area contributed by atoms with Gasteiger partial charge in [0.25, 0.3) is 0 Å². The summed E-state index contributed by atoms with van der Waals surface area (Å²) in [5.74, 6) is 1.25. The van der Waals surface area contributed by atoms with Crippen LogP contribution in [-0.4, -0.2) is 65.1 Å². The molecular weight excluding hydrogens is 344 g/mol. The molecule has 2 aromatic rings. The van der Waals surface area contributed by atoms with Crippen molar-refractivity contribution < 1.29 is 9.53 Å². The lowest BCUT2D eigenvalue weighted by Crippen LogP contribution is -2.51. The van der Waals surface area contributed by atoms with Crippen LogP contribution >= 0.6 is 0 Å². The minimum atomic E-state index is -0.0829. The number of nitrogens with zero attached hydrogens (tertiary/aromatic N) is 5. The smallest absolute Gasteiger partial charge is 0.322 e. The molecule has 8 heteroatoms. The van der Waals surface area contributed by atoms with Gasteiger partial charge in [-0.05, 0) is 43.9 Å². The van der Waals surface area contributed by atoms with Gasteiger partial charge in [-0.1, -0.05) is 6.07 Å². The average molecular weight is 370 g/mol. The molecule has 4 rings (SSSR count). The van der Waals surface area contributed by atoms with Crippen molar-refractivity contribution in [2.45, 2.75) is 32.0 Å². The molecule has 1 aliphatic heterocycles. The van der Waals surface area contributed by atoms with E-state index in [1.165, 1.54) is 12.8 Å². The summed E-state index contributed by atoms with van der Waals surface area (Å²) in [7, 11) is 3.79. The Hall–Kier alpha value is -2.61. The van der Waals surface area contributed by atoms with Gasteiger partial charge in [-0.15, -0.1) is 5.10 Å². The molecule has 2 heterocycles. The highest BCUT2D eigenvalue weighted by molar-refractivity contribution is 5.89. The van der Waals surface area contributed by atoms with Gasteiger partial charge in [-0.3, -0.25) is 0 Å². The first-order valence-corrected chi connectivity index (χ1v) is 9.40. The molecule has 1 saturated heterocycles. The Morgan fingerprint density at radius 2 is 2.11 bits per heavy atom. The van der Waals surface area contributed by atoms with Crippen molar-refractivity contribution >= 4 is 17.7 Å². The SMILES string of the molecule is C[C@@H]1CN(C(=O)Nc2cccc(-n3cnc(N(C)C)n3)c2)C[C@@H](C2CC2)O1. The zero-order valence-corrected chi connectivity index (χ0v) is 16.0. The molecule has 1 aromatic carbocycles. The number of benzene rings is 1. The number of morpholine rings is 1. The van der Waals surface area contributed by atoms with Gasteiger partial charge in [0, 0.05) is 32.9 Å². The summed E-state index contributed by atoms with van der Waals surface area (Å²) in [6, 6.07) is 7.53. The van der Waals surface area contributed by atoms with Crippen LogP contribution in [0.2, 0.25) is 0 Å². The monoisotopic (exact) mass is 370 g/mol. The third-order valence-electron chi connectivity index (χ3n) is 4.96. The Bertz CT molecular complexity index is 816. The molecule has 0 radical (unpaired) electrons. The second-order valence-corrected chi connectivity index (χ2v) is 7.59. The van der Waals surface area contributed by atoms with E-state index in [0.29, 0.717) is 25.0 Å². The van der Waals surface area contributed by atoms with E-state index in [1.54, 1.807) is 11.0 Å². The van der Waals surface area contributed by atoms with Crippen molar-refractivity contribution in [3.8, 4) is 5.69 Å². The van der Waals surface area contributed by atoms with Gasteiger partial charge in [0.15, 0.2) is 0 Å². The average Bonchev–Trinajstić information content (AvgIpc) is 3.37. The van der Waals surface area contributed by atoms with Gasteiger partial charge in [0.05, 0.1) is 17.9 Å². The molecule has 2 amide bonds. The molecule has 0 unspecified atom stereocenters. The number of aromatic nitrogens is 3. The molecule has 1 aliphatic carbocycles. The third-order valence-corrected chi connectivity index (χ3v) is 4.96. The van der Waals surface area contributed by atoms with Crippen LogP contribution in [0.15, 0.2) is 30.6 Å². The van der Waals surface area contributed by atoms with Crippen molar-refractivity contribution in [1.29, 1.82) is 0 Å². The fourth-order valence-electron chi connectivity index (χ4n) is 3.39. The first kappa shape index (κ1) is 17.8. The second-order valence-electron chi connectivity index (χ2n) is 7.59. The number of hydrogen-bond acceptors (Lipinski definition) is 5. The predicted octanol–water partition coefficient (Wildman–Crippen LogP) is 2.36. The summed E-state index contributed by atoms with van der Waals surface area (Å²) in [6.07, 6.45) is 4.33. The largest absolute Gasteiger partial charge is 0.371 e. The number of nitrogens with one attached hydrogen (secondary N) is 1. The lowest BCUT2D eigenvalue weighted by molar-refractivity contribution is -0.0717. The van der Waals surface area contributed by atoms with E-state index in [4.69, 9.17) is 4.74 Å². The first-order chi connectivity index (χ1) is 13.0.